The zero-order valence-electron chi connectivity index (χ0n) is 7.29. The highest BCUT2D eigenvalue weighted by Crippen LogP contribution is 2.22. The molecule has 0 atom stereocenters. The molecule has 4 heteroatoms. The predicted molar refractivity (Wildman–Crippen MR) is 49.1 cm³/mol. The number of halogens is 1. The largest absolute Gasteiger partial charge is 0.464 e. The molecule has 14 heavy (non-hydrogen) atoms. The van der Waals surface area contributed by atoms with Crippen molar-refractivity contribution in [2.45, 2.75) is 6.42 Å². The van der Waals surface area contributed by atoms with Crippen LogP contribution in [0.5, 0.6) is 0 Å². The van der Waals surface area contributed by atoms with E-state index >= 15 is 0 Å². The van der Waals surface area contributed by atoms with Gasteiger partial charge in [0.25, 0.3) is 0 Å². The van der Waals surface area contributed by atoms with Crippen molar-refractivity contribution in [3.63, 3.8) is 0 Å². The van der Waals surface area contributed by atoms with Crippen LogP contribution in [0.4, 0.5) is 4.39 Å². The van der Waals surface area contributed by atoms with E-state index in [2.05, 4.69) is 0 Å². The van der Waals surface area contributed by atoms with Crippen LogP contribution < -0.4 is 5.73 Å². The van der Waals surface area contributed by atoms with E-state index in [-0.39, 0.29) is 12.2 Å². The standard InChI is InChI=1S/C10H8FNO2/c11-7-1-2-9-8(4-7)6(5-14-9)3-10(12)13/h1-2,4-5H,3H2,(H2,12,13). The lowest BCUT2D eigenvalue weighted by Crippen LogP contribution is -2.13. The van der Waals surface area contributed by atoms with Gasteiger partial charge in [-0.05, 0) is 18.2 Å². The van der Waals surface area contributed by atoms with E-state index in [1.54, 1.807) is 0 Å². The number of benzene rings is 1. The molecule has 0 radical (unpaired) electrons. The number of rotatable bonds is 2. The third-order valence-corrected chi connectivity index (χ3v) is 1.98. The fourth-order valence-electron chi connectivity index (χ4n) is 1.38. The number of primary amides is 1. The molecule has 0 aliphatic rings. The second kappa shape index (κ2) is 3.14. The summed E-state index contributed by atoms with van der Waals surface area (Å²) < 4.78 is 18.0. The molecule has 0 unspecified atom stereocenters. The van der Waals surface area contributed by atoms with Crippen LogP contribution in [0.15, 0.2) is 28.9 Å². The molecule has 0 fully saturated rings. The summed E-state index contributed by atoms with van der Waals surface area (Å²) in [5.74, 6) is -0.818. The van der Waals surface area contributed by atoms with Gasteiger partial charge in [-0.15, -0.1) is 0 Å². The zero-order valence-corrected chi connectivity index (χ0v) is 7.29. The topological polar surface area (TPSA) is 56.2 Å². The van der Waals surface area contributed by atoms with Gasteiger partial charge in [-0.1, -0.05) is 0 Å². The number of nitrogens with two attached hydrogens (primary N) is 1. The maximum Gasteiger partial charge on any atom is 0.221 e. The minimum atomic E-state index is -0.461. The van der Waals surface area contributed by atoms with Gasteiger partial charge in [0, 0.05) is 10.9 Å². The highest BCUT2D eigenvalue weighted by molar-refractivity contribution is 5.86. The highest BCUT2D eigenvalue weighted by atomic mass is 19.1. The van der Waals surface area contributed by atoms with Gasteiger partial charge in [0.15, 0.2) is 0 Å². The molecule has 0 saturated carbocycles. The summed E-state index contributed by atoms with van der Waals surface area (Å²) in [7, 11) is 0. The fourth-order valence-corrected chi connectivity index (χ4v) is 1.38. The Kier molecular flexibility index (Phi) is 1.96. The molecular weight excluding hydrogens is 185 g/mol. The molecule has 0 aliphatic heterocycles. The molecule has 1 aromatic heterocycles. The first-order valence-corrected chi connectivity index (χ1v) is 4.11. The molecule has 2 rings (SSSR count). The minimum absolute atomic E-state index is 0.0659. The maximum atomic E-state index is 12.9. The third-order valence-electron chi connectivity index (χ3n) is 1.98. The van der Waals surface area contributed by atoms with Gasteiger partial charge in [-0.2, -0.15) is 0 Å². The van der Waals surface area contributed by atoms with E-state index in [0.29, 0.717) is 16.5 Å². The average molecular weight is 193 g/mol. The Balaban J connectivity index is 2.55. The van der Waals surface area contributed by atoms with Crippen LogP contribution in [0.1, 0.15) is 5.56 Å². The molecule has 2 N–H and O–H groups in total. The van der Waals surface area contributed by atoms with Gasteiger partial charge in [0.2, 0.25) is 5.91 Å². The molecule has 72 valence electrons. The van der Waals surface area contributed by atoms with Crippen molar-refractivity contribution in [2.24, 2.45) is 5.73 Å². The first-order chi connectivity index (χ1) is 6.66. The van der Waals surface area contributed by atoms with Crippen LogP contribution in [0.3, 0.4) is 0 Å². The minimum Gasteiger partial charge on any atom is -0.464 e. The van der Waals surface area contributed by atoms with Crippen LogP contribution >= 0.6 is 0 Å². The molecule has 1 amide bonds. The maximum absolute atomic E-state index is 12.9. The van der Waals surface area contributed by atoms with E-state index in [1.807, 2.05) is 0 Å². The summed E-state index contributed by atoms with van der Waals surface area (Å²) in [4.78, 5) is 10.7. The first kappa shape index (κ1) is 8.74. The van der Waals surface area contributed by atoms with Crippen LogP contribution in [0.2, 0.25) is 0 Å². The second-order valence-electron chi connectivity index (χ2n) is 3.04. The van der Waals surface area contributed by atoms with Gasteiger partial charge < -0.3 is 10.2 Å². The van der Waals surface area contributed by atoms with Gasteiger partial charge in [0.1, 0.15) is 11.4 Å². The molecule has 1 aromatic carbocycles. The lowest BCUT2D eigenvalue weighted by Gasteiger charge is -1.93. The van der Waals surface area contributed by atoms with Crippen molar-refractivity contribution in [3.05, 3.63) is 35.8 Å². The molecular formula is C10H8FNO2. The number of fused-ring (bicyclic) bond motifs is 1. The number of furan rings is 1. The summed E-state index contributed by atoms with van der Waals surface area (Å²) in [6, 6.07) is 4.16. The third kappa shape index (κ3) is 1.46. The molecule has 0 saturated heterocycles. The number of carbonyl (C=O) groups is 1. The molecule has 1 heterocycles. The molecule has 2 aromatic rings. The molecule has 3 nitrogen and oxygen atoms in total. The predicted octanol–water partition coefficient (Wildman–Crippen LogP) is 1.60. The van der Waals surface area contributed by atoms with Crippen molar-refractivity contribution < 1.29 is 13.6 Å². The quantitative estimate of drug-likeness (QED) is 0.787. The lowest BCUT2D eigenvalue weighted by molar-refractivity contribution is -0.117. The van der Waals surface area contributed by atoms with Gasteiger partial charge in [-0.25, -0.2) is 4.39 Å². The van der Waals surface area contributed by atoms with Crippen molar-refractivity contribution >= 4 is 16.9 Å². The Bertz CT molecular complexity index is 490. The summed E-state index contributed by atoms with van der Waals surface area (Å²) in [5.41, 5.74) is 6.21. The summed E-state index contributed by atoms with van der Waals surface area (Å²) in [6.07, 6.45) is 1.49. The average Bonchev–Trinajstić information content (AvgIpc) is 2.47. The van der Waals surface area contributed by atoms with Crippen molar-refractivity contribution in [3.8, 4) is 0 Å². The SMILES string of the molecule is NC(=O)Cc1coc2ccc(F)cc12. The van der Waals surface area contributed by atoms with E-state index in [4.69, 9.17) is 10.2 Å². The Labute approximate surface area is 79.3 Å². The Morgan fingerprint density at radius 3 is 3.00 bits per heavy atom. The summed E-state index contributed by atoms with van der Waals surface area (Å²) >= 11 is 0. The van der Waals surface area contributed by atoms with Gasteiger partial charge in [-0.3, -0.25) is 4.79 Å². The van der Waals surface area contributed by atoms with Gasteiger partial charge >= 0.3 is 0 Å². The molecule has 0 aliphatic carbocycles. The monoisotopic (exact) mass is 193 g/mol. The Hall–Kier alpha value is -1.84. The van der Waals surface area contributed by atoms with Gasteiger partial charge in [0.05, 0.1) is 12.7 Å². The fraction of sp³-hybridized carbons (Fsp3) is 0.100. The smallest absolute Gasteiger partial charge is 0.221 e. The Morgan fingerprint density at radius 1 is 1.50 bits per heavy atom. The van der Waals surface area contributed by atoms with Crippen molar-refractivity contribution in [1.29, 1.82) is 0 Å². The second-order valence-corrected chi connectivity index (χ2v) is 3.04. The van der Waals surface area contributed by atoms with Crippen molar-refractivity contribution in [1.82, 2.24) is 0 Å². The normalized spacial score (nSPS) is 10.6. The van der Waals surface area contributed by atoms with Crippen molar-refractivity contribution in [2.75, 3.05) is 0 Å². The first-order valence-electron chi connectivity index (χ1n) is 4.11. The summed E-state index contributed by atoms with van der Waals surface area (Å²) in [6.45, 7) is 0. The lowest BCUT2D eigenvalue weighted by atomic mass is 10.1. The number of hydrogen-bond donors (Lipinski definition) is 1. The van der Waals surface area contributed by atoms with Crippen LogP contribution in [-0.2, 0) is 11.2 Å². The zero-order chi connectivity index (χ0) is 10.1. The van der Waals surface area contributed by atoms with E-state index < -0.39 is 5.91 Å². The van der Waals surface area contributed by atoms with Crippen LogP contribution in [-0.4, -0.2) is 5.91 Å². The number of hydrogen-bond acceptors (Lipinski definition) is 2. The molecule has 0 bridgehead atoms. The van der Waals surface area contributed by atoms with E-state index in [9.17, 15) is 9.18 Å². The molecule has 0 spiro atoms. The Morgan fingerprint density at radius 2 is 2.29 bits per heavy atom. The van der Waals surface area contributed by atoms with E-state index in [0.717, 1.165) is 0 Å². The summed E-state index contributed by atoms with van der Waals surface area (Å²) in [5, 5.41) is 0.601. The number of carbonyl (C=O) groups excluding carboxylic acids is 1. The number of amides is 1. The highest BCUT2D eigenvalue weighted by Gasteiger charge is 2.08. The van der Waals surface area contributed by atoms with E-state index in [1.165, 1.54) is 24.5 Å². The van der Waals surface area contributed by atoms with Crippen LogP contribution in [0.25, 0.3) is 11.0 Å². The van der Waals surface area contributed by atoms with Crippen LogP contribution in [0, 0.1) is 5.82 Å².